The van der Waals surface area contributed by atoms with E-state index < -0.39 is 5.97 Å². The minimum absolute atomic E-state index is 0.0899. The smallest absolute Gasteiger partial charge is 0.303 e. The number of carbonyl (C=O) groups is 2. The minimum Gasteiger partial charge on any atom is -0.497 e. The van der Waals surface area contributed by atoms with E-state index in [2.05, 4.69) is 12.1 Å². The highest BCUT2D eigenvalue weighted by atomic mass is 16.5. The van der Waals surface area contributed by atoms with Gasteiger partial charge in [0.25, 0.3) is 0 Å². The molecule has 2 fully saturated rings. The zero-order valence-corrected chi connectivity index (χ0v) is 16.4. The molecule has 6 nitrogen and oxygen atoms in total. The Morgan fingerprint density at radius 2 is 2.07 bits per heavy atom. The summed E-state index contributed by atoms with van der Waals surface area (Å²) in [7, 11) is 1.67. The van der Waals surface area contributed by atoms with Gasteiger partial charge in [0, 0.05) is 37.7 Å². The molecule has 0 aromatic heterocycles. The van der Waals surface area contributed by atoms with Crippen molar-refractivity contribution in [1.82, 2.24) is 4.90 Å². The maximum absolute atomic E-state index is 12.6. The monoisotopic (exact) mass is 384 g/mol. The number of aliphatic carboxylic acids is 1. The number of amides is 1. The summed E-state index contributed by atoms with van der Waals surface area (Å²) in [4.78, 5) is 30.7. The van der Waals surface area contributed by atoms with Gasteiger partial charge < -0.3 is 14.7 Å². The molecule has 1 aliphatic carbocycles. The normalized spacial score (nSPS) is 24.3. The summed E-state index contributed by atoms with van der Waals surface area (Å²) in [5.74, 6) is 0.785. The number of nitrogens with zero attached hydrogens (tertiary/aromatic N) is 2. The number of ether oxygens (including phenoxy) is 1. The molecule has 2 atom stereocenters. The predicted molar refractivity (Wildman–Crippen MR) is 106 cm³/mol. The number of fused-ring (bicyclic) bond motifs is 1. The average Bonchev–Trinajstić information content (AvgIpc) is 3.53. The fraction of sp³-hybridized carbons (Fsp3) is 0.591. The van der Waals surface area contributed by atoms with Gasteiger partial charge in [-0.15, -0.1) is 0 Å². The van der Waals surface area contributed by atoms with Gasteiger partial charge in [-0.1, -0.05) is 0 Å². The molecule has 1 saturated heterocycles. The molecule has 0 unspecified atom stereocenters. The molecule has 1 amide bonds. The summed E-state index contributed by atoms with van der Waals surface area (Å²) in [5, 5.41) is 9.35. The Morgan fingerprint density at radius 3 is 2.79 bits per heavy atom. The second kappa shape index (κ2) is 7.94. The van der Waals surface area contributed by atoms with Crippen LogP contribution >= 0.6 is 0 Å². The van der Waals surface area contributed by atoms with Gasteiger partial charge in [-0.2, -0.15) is 0 Å². The molecule has 3 aliphatic rings. The van der Waals surface area contributed by atoms with E-state index in [1.54, 1.807) is 7.11 Å². The first-order valence-corrected chi connectivity index (χ1v) is 10.3. The van der Waals surface area contributed by atoms with E-state index in [9.17, 15) is 14.7 Å². The van der Waals surface area contributed by atoms with Crippen LogP contribution < -0.4 is 4.74 Å². The van der Waals surface area contributed by atoms with Crippen molar-refractivity contribution in [1.29, 1.82) is 0 Å². The van der Waals surface area contributed by atoms with Crippen molar-refractivity contribution in [3.05, 3.63) is 29.3 Å². The SMILES string of the molecule is COc1ccc2c(c1)CCN=C2C[C@H]1CN(C(=O)C2CC2)CC[C@H]1CC(=O)O. The highest BCUT2D eigenvalue weighted by Crippen LogP contribution is 2.36. The van der Waals surface area contributed by atoms with Crippen molar-refractivity contribution >= 4 is 17.6 Å². The number of rotatable bonds is 6. The molecule has 1 saturated carbocycles. The summed E-state index contributed by atoms with van der Waals surface area (Å²) in [5.41, 5.74) is 3.43. The maximum atomic E-state index is 12.6. The molecule has 2 aliphatic heterocycles. The Hall–Kier alpha value is -2.37. The number of carboxylic acids is 1. The molecule has 4 rings (SSSR count). The lowest BCUT2D eigenvalue weighted by Crippen LogP contribution is -2.45. The Balaban J connectivity index is 1.53. The zero-order valence-electron chi connectivity index (χ0n) is 16.4. The Labute approximate surface area is 165 Å². The third-order valence-corrected chi connectivity index (χ3v) is 6.33. The topological polar surface area (TPSA) is 79.2 Å². The average molecular weight is 384 g/mol. The molecule has 6 heteroatoms. The van der Waals surface area contributed by atoms with Gasteiger partial charge in [0.1, 0.15) is 5.75 Å². The van der Waals surface area contributed by atoms with Crippen molar-refractivity contribution in [2.24, 2.45) is 22.7 Å². The lowest BCUT2D eigenvalue weighted by molar-refractivity contribution is -0.140. The fourth-order valence-corrected chi connectivity index (χ4v) is 4.60. The van der Waals surface area contributed by atoms with Crippen molar-refractivity contribution in [3.8, 4) is 5.75 Å². The van der Waals surface area contributed by atoms with E-state index in [0.29, 0.717) is 13.1 Å². The molecule has 28 heavy (non-hydrogen) atoms. The van der Waals surface area contributed by atoms with Crippen LogP contribution in [-0.4, -0.2) is 54.3 Å². The summed E-state index contributed by atoms with van der Waals surface area (Å²) in [6.07, 6.45) is 4.55. The van der Waals surface area contributed by atoms with E-state index in [1.165, 1.54) is 5.56 Å². The van der Waals surface area contributed by atoms with Gasteiger partial charge >= 0.3 is 5.97 Å². The van der Waals surface area contributed by atoms with Gasteiger partial charge in [0.2, 0.25) is 5.91 Å². The first kappa shape index (κ1) is 19.0. The van der Waals surface area contributed by atoms with Gasteiger partial charge in [0.05, 0.1) is 7.11 Å². The molecule has 150 valence electrons. The predicted octanol–water partition coefficient (Wildman–Crippen LogP) is 2.78. The highest BCUT2D eigenvalue weighted by Gasteiger charge is 2.39. The molecular weight excluding hydrogens is 356 g/mol. The molecule has 0 spiro atoms. The first-order chi connectivity index (χ1) is 13.5. The summed E-state index contributed by atoms with van der Waals surface area (Å²) < 4.78 is 5.35. The van der Waals surface area contributed by atoms with Crippen molar-refractivity contribution in [2.45, 2.75) is 38.5 Å². The van der Waals surface area contributed by atoms with Gasteiger partial charge in [-0.3, -0.25) is 14.6 Å². The third kappa shape index (κ3) is 4.05. The summed E-state index contributed by atoms with van der Waals surface area (Å²) in [6.45, 7) is 2.08. The molecule has 0 radical (unpaired) electrons. The second-order valence-corrected chi connectivity index (χ2v) is 8.27. The van der Waals surface area contributed by atoms with Crippen LogP contribution in [-0.2, 0) is 16.0 Å². The molecule has 1 aromatic rings. The van der Waals surface area contributed by atoms with Crippen LogP contribution in [0.5, 0.6) is 5.75 Å². The standard InChI is InChI=1S/C22H28N2O4/c1-28-18-4-5-19-16(10-18)6-8-23-20(19)11-17-13-24(22(27)14-2-3-14)9-7-15(17)12-21(25)26/h4-5,10,14-15,17H,2-3,6-9,11-13H2,1H3,(H,25,26)/t15-,17-/m0/s1. The molecule has 0 bridgehead atoms. The molecule has 1 N–H and O–H groups in total. The van der Waals surface area contributed by atoms with E-state index in [1.807, 2.05) is 11.0 Å². The van der Waals surface area contributed by atoms with E-state index in [0.717, 1.165) is 55.7 Å². The van der Waals surface area contributed by atoms with Crippen LogP contribution in [0.1, 0.15) is 43.2 Å². The lowest BCUT2D eigenvalue weighted by atomic mass is 9.78. The Morgan fingerprint density at radius 1 is 1.25 bits per heavy atom. The van der Waals surface area contributed by atoms with Gasteiger partial charge in [-0.05, 0) is 73.3 Å². The number of hydrogen-bond donors (Lipinski definition) is 1. The highest BCUT2D eigenvalue weighted by molar-refractivity contribution is 6.03. The Kier molecular flexibility index (Phi) is 5.38. The molecule has 2 heterocycles. The van der Waals surface area contributed by atoms with E-state index >= 15 is 0 Å². The van der Waals surface area contributed by atoms with Crippen LogP contribution in [0.3, 0.4) is 0 Å². The van der Waals surface area contributed by atoms with E-state index in [4.69, 9.17) is 9.73 Å². The summed E-state index contributed by atoms with van der Waals surface area (Å²) in [6, 6.07) is 6.09. The zero-order chi connectivity index (χ0) is 19.7. The minimum atomic E-state index is -0.757. The lowest BCUT2D eigenvalue weighted by Gasteiger charge is -2.39. The number of aliphatic imine (C=N–C) groups is 1. The number of methoxy groups -OCH3 is 1. The number of likely N-dealkylation sites (tertiary alicyclic amines) is 1. The van der Waals surface area contributed by atoms with Crippen LogP contribution in [0.15, 0.2) is 23.2 Å². The number of carboxylic acid groups (broad SMARTS) is 1. The van der Waals surface area contributed by atoms with Crippen LogP contribution in [0.2, 0.25) is 0 Å². The number of benzene rings is 1. The number of hydrogen-bond acceptors (Lipinski definition) is 4. The van der Waals surface area contributed by atoms with E-state index in [-0.39, 0.29) is 30.1 Å². The van der Waals surface area contributed by atoms with Crippen molar-refractivity contribution < 1.29 is 19.4 Å². The maximum Gasteiger partial charge on any atom is 0.303 e. The third-order valence-electron chi connectivity index (χ3n) is 6.33. The fourth-order valence-electron chi connectivity index (χ4n) is 4.60. The Bertz CT molecular complexity index is 800. The number of piperidine rings is 1. The van der Waals surface area contributed by atoms with Crippen LogP contribution in [0, 0.1) is 17.8 Å². The quantitative estimate of drug-likeness (QED) is 0.818. The van der Waals surface area contributed by atoms with Gasteiger partial charge in [0.15, 0.2) is 0 Å². The number of carbonyl (C=O) groups excluding carboxylic acids is 1. The first-order valence-electron chi connectivity index (χ1n) is 10.3. The van der Waals surface area contributed by atoms with Gasteiger partial charge in [-0.25, -0.2) is 0 Å². The summed E-state index contributed by atoms with van der Waals surface area (Å²) >= 11 is 0. The van der Waals surface area contributed by atoms with Crippen molar-refractivity contribution in [2.75, 3.05) is 26.7 Å². The van der Waals surface area contributed by atoms with Crippen LogP contribution in [0.4, 0.5) is 0 Å². The second-order valence-electron chi connectivity index (χ2n) is 8.27. The molecule has 1 aromatic carbocycles. The molecular formula is C22H28N2O4. The van der Waals surface area contributed by atoms with Crippen molar-refractivity contribution in [3.63, 3.8) is 0 Å². The van der Waals surface area contributed by atoms with Crippen LogP contribution in [0.25, 0.3) is 0 Å². The largest absolute Gasteiger partial charge is 0.497 e.